The van der Waals surface area contributed by atoms with Crippen LogP contribution in [0.5, 0.6) is 0 Å². The molecule has 1 aromatic rings. The molecule has 2 fully saturated rings. The van der Waals surface area contributed by atoms with Crippen LogP contribution in [0.15, 0.2) is 18.2 Å². The fraction of sp³-hybridized carbons (Fsp3) is 0.526. The van der Waals surface area contributed by atoms with Crippen LogP contribution < -0.4 is 15.5 Å². The third-order valence-electron chi connectivity index (χ3n) is 5.19. The summed E-state index contributed by atoms with van der Waals surface area (Å²) in [6, 6.07) is 5.24. The summed E-state index contributed by atoms with van der Waals surface area (Å²) >= 11 is 0. The molecular weight excluding hydrogens is 318 g/mol. The Kier molecular flexibility index (Phi) is 5.06. The number of amides is 4. The number of benzene rings is 1. The lowest BCUT2D eigenvalue weighted by molar-refractivity contribution is -0.121. The molecule has 134 valence electrons. The van der Waals surface area contributed by atoms with E-state index in [9.17, 15) is 14.4 Å². The van der Waals surface area contributed by atoms with Gasteiger partial charge in [-0.3, -0.25) is 14.5 Å². The third kappa shape index (κ3) is 3.83. The fourth-order valence-corrected chi connectivity index (χ4v) is 3.64. The van der Waals surface area contributed by atoms with Gasteiger partial charge in [0.25, 0.3) is 0 Å². The first-order chi connectivity index (χ1) is 12.0. The van der Waals surface area contributed by atoms with E-state index in [1.165, 1.54) is 11.3 Å². The molecule has 25 heavy (non-hydrogen) atoms. The summed E-state index contributed by atoms with van der Waals surface area (Å²) in [5, 5.41) is 5.87. The number of nitrogens with one attached hydrogen (secondary N) is 2. The van der Waals surface area contributed by atoms with Crippen molar-refractivity contribution in [2.24, 2.45) is 5.92 Å². The Labute approximate surface area is 148 Å². The minimum atomic E-state index is -0.243. The van der Waals surface area contributed by atoms with E-state index in [-0.39, 0.29) is 36.7 Å². The van der Waals surface area contributed by atoms with Gasteiger partial charge in [0.15, 0.2) is 0 Å². The average Bonchev–Trinajstić information content (AvgIpc) is 2.90. The van der Waals surface area contributed by atoms with Crippen molar-refractivity contribution >= 4 is 29.2 Å². The Morgan fingerprint density at radius 1 is 1.12 bits per heavy atom. The summed E-state index contributed by atoms with van der Waals surface area (Å²) in [5.74, 6) is 0.101. The van der Waals surface area contributed by atoms with Crippen LogP contribution in [0.25, 0.3) is 0 Å². The minimum absolute atomic E-state index is 0.189. The summed E-state index contributed by atoms with van der Waals surface area (Å²) in [5.41, 5.74) is 1.96. The van der Waals surface area contributed by atoms with Gasteiger partial charge in [-0.1, -0.05) is 25.8 Å². The normalized spacial score (nSPS) is 23.7. The Morgan fingerprint density at radius 2 is 1.80 bits per heavy atom. The molecule has 1 saturated carbocycles. The molecule has 0 radical (unpaired) electrons. The number of anilines is 2. The molecule has 2 atom stereocenters. The number of carbonyl (C=O) groups is 3. The number of imide groups is 1. The molecule has 1 saturated heterocycles. The molecule has 0 unspecified atom stereocenters. The van der Waals surface area contributed by atoms with Crippen LogP contribution in [0.1, 0.15) is 51.0 Å². The quantitative estimate of drug-likeness (QED) is 0.826. The predicted octanol–water partition coefficient (Wildman–Crippen LogP) is 3.35. The second-order valence-corrected chi connectivity index (χ2v) is 7.09. The third-order valence-corrected chi connectivity index (χ3v) is 5.19. The smallest absolute Gasteiger partial charge is 0.319 e. The van der Waals surface area contributed by atoms with Gasteiger partial charge < -0.3 is 10.6 Å². The Morgan fingerprint density at radius 3 is 2.48 bits per heavy atom. The van der Waals surface area contributed by atoms with Crippen LogP contribution in [0.4, 0.5) is 16.2 Å². The number of carbonyl (C=O) groups excluding carboxylic acids is 3. The van der Waals surface area contributed by atoms with E-state index in [1.54, 1.807) is 12.1 Å². The van der Waals surface area contributed by atoms with Crippen molar-refractivity contribution in [3.63, 3.8) is 0 Å². The van der Waals surface area contributed by atoms with E-state index in [0.717, 1.165) is 24.8 Å². The first-order valence-electron chi connectivity index (χ1n) is 8.99. The molecule has 1 aliphatic heterocycles. The molecule has 1 aromatic carbocycles. The van der Waals surface area contributed by atoms with E-state index in [2.05, 4.69) is 17.6 Å². The second kappa shape index (κ2) is 7.25. The number of rotatable bonds is 3. The zero-order valence-electron chi connectivity index (χ0n) is 14.8. The Bertz CT molecular complexity index is 685. The second-order valence-electron chi connectivity index (χ2n) is 7.09. The topological polar surface area (TPSA) is 78.5 Å². The lowest BCUT2D eigenvalue weighted by Gasteiger charge is -2.29. The van der Waals surface area contributed by atoms with Gasteiger partial charge in [-0.05, 0) is 43.4 Å². The molecule has 2 aliphatic rings. The van der Waals surface area contributed by atoms with Crippen LogP contribution in [-0.2, 0) is 9.59 Å². The van der Waals surface area contributed by atoms with Gasteiger partial charge in [0.2, 0.25) is 11.8 Å². The van der Waals surface area contributed by atoms with E-state index < -0.39 is 0 Å². The van der Waals surface area contributed by atoms with Gasteiger partial charge in [-0.15, -0.1) is 0 Å². The monoisotopic (exact) mass is 343 g/mol. The fourth-order valence-electron chi connectivity index (χ4n) is 3.64. The molecule has 3 rings (SSSR count). The van der Waals surface area contributed by atoms with Gasteiger partial charge in [0, 0.05) is 24.6 Å². The Hall–Kier alpha value is -2.37. The molecule has 6 heteroatoms. The minimum Gasteiger partial charge on any atom is -0.335 e. The van der Waals surface area contributed by atoms with Crippen molar-refractivity contribution in [2.75, 3.05) is 10.2 Å². The summed E-state index contributed by atoms with van der Waals surface area (Å²) < 4.78 is 0. The molecule has 0 aromatic heterocycles. The van der Waals surface area contributed by atoms with Crippen molar-refractivity contribution in [1.29, 1.82) is 0 Å². The van der Waals surface area contributed by atoms with Crippen molar-refractivity contribution < 1.29 is 14.4 Å². The first-order valence-corrected chi connectivity index (χ1v) is 8.99. The van der Waals surface area contributed by atoms with E-state index >= 15 is 0 Å². The van der Waals surface area contributed by atoms with Crippen molar-refractivity contribution in [1.82, 2.24) is 5.32 Å². The van der Waals surface area contributed by atoms with Crippen LogP contribution in [0.3, 0.4) is 0 Å². The highest BCUT2D eigenvalue weighted by molar-refractivity contribution is 6.20. The SMILES string of the molecule is Cc1ccc(NC(=O)N[C@H]2CCCC[C@H]2C)cc1N1C(=O)CCC1=O. The molecule has 1 heterocycles. The maximum atomic E-state index is 12.3. The number of aryl methyl sites for hydroxylation is 1. The summed E-state index contributed by atoms with van der Waals surface area (Å²) in [6.07, 6.45) is 5.00. The lowest BCUT2D eigenvalue weighted by Crippen LogP contribution is -2.43. The van der Waals surface area contributed by atoms with E-state index in [1.807, 2.05) is 13.0 Å². The number of nitrogens with zero attached hydrogens (tertiary/aromatic N) is 1. The van der Waals surface area contributed by atoms with Crippen LogP contribution in [-0.4, -0.2) is 23.9 Å². The van der Waals surface area contributed by atoms with Gasteiger partial charge >= 0.3 is 6.03 Å². The molecule has 6 nitrogen and oxygen atoms in total. The van der Waals surface area contributed by atoms with Gasteiger partial charge in [0.05, 0.1) is 5.69 Å². The summed E-state index contributed by atoms with van der Waals surface area (Å²) in [7, 11) is 0. The first kappa shape index (κ1) is 17.5. The molecular formula is C19H25N3O3. The van der Waals surface area contributed by atoms with E-state index in [0.29, 0.717) is 17.3 Å². The molecule has 1 aliphatic carbocycles. The summed E-state index contributed by atoms with van der Waals surface area (Å²) in [4.78, 5) is 37.5. The highest BCUT2D eigenvalue weighted by Gasteiger charge is 2.31. The van der Waals surface area contributed by atoms with Gasteiger partial charge in [-0.25, -0.2) is 4.79 Å². The standard InChI is InChI=1S/C19H25N3O3/c1-12-5-3-4-6-15(12)21-19(25)20-14-8-7-13(2)16(11-14)22-17(23)9-10-18(22)24/h7-8,11-12,15H,3-6,9-10H2,1-2H3,(H2,20,21,25)/t12-,15+/m1/s1. The molecule has 0 bridgehead atoms. The van der Waals surface area contributed by atoms with Crippen molar-refractivity contribution in [2.45, 2.75) is 58.4 Å². The molecule has 4 amide bonds. The molecule has 2 N–H and O–H groups in total. The predicted molar refractivity (Wildman–Crippen MR) is 96.5 cm³/mol. The highest BCUT2D eigenvalue weighted by Crippen LogP contribution is 2.29. The average molecular weight is 343 g/mol. The lowest BCUT2D eigenvalue weighted by atomic mass is 9.86. The number of hydrogen-bond donors (Lipinski definition) is 2. The van der Waals surface area contributed by atoms with Crippen molar-refractivity contribution in [3.8, 4) is 0 Å². The summed E-state index contributed by atoms with van der Waals surface area (Å²) in [6.45, 7) is 4.01. The van der Waals surface area contributed by atoms with Crippen LogP contribution in [0.2, 0.25) is 0 Å². The highest BCUT2D eigenvalue weighted by atomic mass is 16.2. The Balaban J connectivity index is 1.70. The van der Waals surface area contributed by atoms with Crippen LogP contribution in [0, 0.1) is 12.8 Å². The van der Waals surface area contributed by atoms with E-state index in [4.69, 9.17) is 0 Å². The van der Waals surface area contributed by atoms with Crippen LogP contribution >= 0.6 is 0 Å². The maximum Gasteiger partial charge on any atom is 0.319 e. The van der Waals surface area contributed by atoms with Crippen molar-refractivity contribution in [3.05, 3.63) is 23.8 Å². The number of urea groups is 1. The zero-order chi connectivity index (χ0) is 18.0. The van der Waals surface area contributed by atoms with Gasteiger partial charge in [-0.2, -0.15) is 0 Å². The number of hydrogen-bond acceptors (Lipinski definition) is 3. The van der Waals surface area contributed by atoms with Gasteiger partial charge in [0.1, 0.15) is 0 Å². The largest absolute Gasteiger partial charge is 0.335 e. The zero-order valence-corrected chi connectivity index (χ0v) is 14.8. The molecule has 0 spiro atoms. The maximum absolute atomic E-state index is 12.3.